The van der Waals surface area contributed by atoms with E-state index in [2.05, 4.69) is 5.32 Å². The topological polar surface area (TPSA) is 92.4 Å². The molecular weight excluding hydrogens is 315 g/mol. The van der Waals surface area contributed by atoms with Gasteiger partial charge in [0.05, 0.1) is 27.0 Å². The van der Waals surface area contributed by atoms with Crippen molar-refractivity contribution >= 4 is 46.5 Å². The first kappa shape index (κ1) is 15.2. The molecule has 0 unspecified atom stereocenters. The van der Waals surface area contributed by atoms with Crippen LogP contribution >= 0.6 is 23.2 Å². The first-order chi connectivity index (χ1) is 9.88. The van der Waals surface area contributed by atoms with Gasteiger partial charge in [0.15, 0.2) is 0 Å². The van der Waals surface area contributed by atoms with E-state index in [0.29, 0.717) is 16.4 Å². The largest absolute Gasteiger partial charge is 0.478 e. The number of carboxylic acids is 1. The zero-order chi connectivity index (χ0) is 15.6. The maximum absolute atomic E-state index is 11.0. The molecule has 108 valence electrons. The zero-order valence-corrected chi connectivity index (χ0v) is 12.1. The normalized spacial score (nSPS) is 10.2. The van der Waals surface area contributed by atoms with E-state index in [1.165, 1.54) is 30.3 Å². The van der Waals surface area contributed by atoms with Crippen molar-refractivity contribution in [3.8, 4) is 0 Å². The Hall–Kier alpha value is -2.24. The summed E-state index contributed by atoms with van der Waals surface area (Å²) in [5, 5.41) is 12.4. The number of nitrogens with one attached hydrogen (secondary N) is 1. The van der Waals surface area contributed by atoms with Crippen molar-refractivity contribution in [2.45, 2.75) is 0 Å². The number of carboxylic acid groups (broad SMARTS) is 1. The molecule has 2 aromatic carbocycles. The summed E-state index contributed by atoms with van der Waals surface area (Å²) in [6, 6.07) is 8.83. The summed E-state index contributed by atoms with van der Waals surface area (Å²) in [5.41, 5.74) is 6.55. The van der Waals surface area contributed by atoms with Crippen molar-refractivity contribution in [1.82, 2.24) is 0 Å². The Kier molecular flexibility index (Phi) is 4.35. The molecule has 0 heterocycles. The van der Waals surface area contributed by atoms with Crippen LogP contribution in [0.1, 0.15) is 20.7 Å². The molecule has 0 aromatic heterocycles. The van der Waals surface area contributed by atoms with Crippen molar-refractivity contribution in [3.63, 3.8) is 0 Å². The van der Waals surface area contributed by atoms with E-state index in [-0.39, 0.29) is 16.1 Å². The Morgan fingerprint density at radius 1 is 0.952 bits per heavy atom. The minimum absolute atomic E-state index is 0.0840. The number of rotatable bonds is 4. The monoisotopic (exact) mass is 324 g/mol. The van der Waals surface area contributed by atoms with Gasteiger partial charge in [0.1, 0.15) is 0 Å². The molecule has 2 aromatic rings. The predicted molar refractivity (Wildman–Crippen MR) is 81.7 cm³/mol. The second-order valence-electron chi connectivity index (χ2n) is 4.18. The summed E-state index contributed by atoms with van der Waals surface area (Å²) >= 11 is 12.1. The third-order valence-corrected chi connectivity index (χ3v) is 3.36. The highest BCUT2D eigenvalue weighted by Gasteiger charge is 2.10. The molecule has 0 saturated heterocycles. The van der Waals surface area contributed by atoms with E-state index in [1.807, 2.05) is 0 Å². The molecule has 0 bridgehead atoms. The fourth-order valence-corrected chi connectivity index (χ4v) is 2.12. The standard InChI is InChI=1S/C14H10Cl2N2O3/c15-9-5-7(13(17)19)1-3-11(9)18-12-4-2-8(14(20)21)6-10(12)16/h1-6,18H,(H2,17,19)(H,20,21). The summed E-state index contributed by atoms with van der Waals surface area (Å²) in [6.45, 7) is 0. The molecule has 5 nitrogen and oxygen atoms in total. The molecule has 0 aliphatic carbocycles. The quantitative estimate of drug-likeness (QED) is 0.802. The third kappa shape index (κ3) is 3.45. The van der Waals surface area contributed by atoms with Crippen LogP contribution in [0.25, 0.3) is 0 Å². The molecular formula is C14H10Cl2N2O3. The summed E-state index contributed by atoms with van der Waals surface area (Å²) in [5.74, 6) is -1.64. The van der Waals surface area contributed by atoms with Crippen LogP contribution in [0.15, 0.2) is 36.4 Å². The molecule has 4 N–H and O–H groups in total. The van der Waals surface area contributed by atoms with Gasteiger partial charge >= 0.3 is 5.97 Å². The molecule has 1 amide bonds. The SMILES string of the molecule is NC(=O)c1ccc(Nc2ccc(C(=O)O)cc2Cl)c(Cl)c1. The van der Waals surface area contributed by atoms with Crippen molar-refractivity contribution in [3.05, 3.63) is 57.6 Å². The highest BCUT2D eigenvalue weighted by atomic mass is 35.5. The van der Waals surface area contributed by atoms with Gasteiger partial charge in [-0.2, -0.15) is 0 Å². The summed E-state index contributed by atoms with van der Waals surface area (Å²) in [4.78, 5) is 21.9. The molecule has 0 saturated carbocycles. The molecule has 21 heavy (non-hydrogen) atoms. The highest BCUT2D eigenvalue weighted by molar-refractivity contribution is 6.35. The van der Waals surface area contributed by atoms with E-state index in [9.17, 15) is 9.59 Å². The first-order valence-corrected chi connectivity index (χ1v) is 6.53. The smallest absolute Gasteiger partial charge is 0.335 e. The number of carbonyl (C=O) groups is 2. The number of carbonyl (C=O) groups excluding carboxylic acids is 1. The Balaban J connectivity index is 2.30. The zero-order valence-electron chi connectivity index (χ0n) is 10.6. The minimum Gasteiger partial charge on any atom is -0.478 e. The van der Waals surface area contributed by atoms with Gasteiger partial charge in [-0.3, -0.25) is 4.79 Å². The van der Waals surface area contributed by atoms with Gasteiger partial charge in [-0.15, -0.1) is 0 Å². The second-order valence-corrected chi connectivity index (χ2v) is 5.00. The van der Waals surface area contributed by atoms with Crippen molar-refractivity contribution in [2.75, 3.05) is 5.32 Å². The van der Waals surface area contributed by atoms with E-state index in [1.54, 1.807) is 6.07 Å². The number of benzene rings is 2. The van der Waals surface area contributed by atoms with Crippen LogP contribution < -0.4 is 11.1 Å². The van der Waals surface area contributed by atoms with Gasteiger partial charge in [-0.25, -0.2) is 4.79 Å². The van der Waals surface area contributed by atoms with Gasteiger partial charge in [0.25, 0.3) is 0 Å². The van der Waals surface area contributed by atoms with Gasteiger partial charge in [0.2, 0.25) is 5.91 Å². The molecule has 0 aliphatic rings. The van der Waals surface area contributed by atoms with Gasteiger partial charge in [-0.05, 0) is 36.4 Å². The number of anilines is 2. The lowest BCUT2D eigenvalue weighted by Crippen LogP contribution is -2.10. The molecule has 0 radical (unpaired) electrons. The van der Waals surface area contributed by atoms with Gasteiger partial charge in [0, 0.05) is 5.56 Å². The minimum atomic E-state index is -1.06. The lowest BCUT2D eigenvalue weighted by atomic mass is 10.1. The molecule has 2 rings (SSSR count). The Bertz CT molecular complexity index is 671. The maximum atomic E-state index is 11.0. The fourth-order valence-electron chi connectivity index (χ4n) is 1.66. The van der Waals surface area contributed by atoms with E-state index in [4.69, 9.17) is 34.0 Å². The average Bonchev–Trinajstić information content (AvgIpc) is 2.42. The van der Waals surface area contributed by atoms with Crippen molar-refractivity contribution < 1.29 is 14.7 Å². The predicted octanol–water partition coefficient (Wildman–Crippen LogP) is 3.53. The third-order valence-electron chi connectivity index (χ3n) is 2.74. The molecule has 0 atom stereocenters. The number of amides is 1. The molecule has 0 aliphatic heterocycles. The summed E-state index contributed by atoms with van der Waals surface area (Å²) < 4.78 is 0. The number of aromatic carboxylic acids is 1. The average molecular weight is 325 g/mol. The molecule has 0 fully saturated rings. The maximum Gasteiger partial charge on any atom is 0.335 e. The van der Waals surface area contributed by atoms with Crippen LogP contribution in [0, 0.1) is 0 Å². The van der Waals surface area contributed by atoms with E-state index >= 15 is 0 Å². The van der Waals surface area contributed by atoms with E-state index in [0.717, 1.165) is 0 Å². The second kappa shape index (κ2) is 6.03. The highest BCUT2D eigenvalue weighted by Crippen LogP contribution is 2.30. The molecule has 7 heteroatoms. The summed E-state index contributed by atoms with van der Waals surface area (Å²) in [6.07, 6.45) is 0. The first-order valence-electron chi connectivity index (χ1n) is 5.77. The van der Waals surface area contributed by atoms with Crippen LogP contribution in [0.2, 0.25) is 10.0 Å². The Morgan fingerprint density at radius 2 is 1.43 bits per heavy atom. The number of halogens is 2. The summed E-state index contributed by atoms with van der Waals surface area (Å²) in [7, 11) is 0. The van der Waals surface area contributed by atoms with Crippen molar-refractivity contribution in [2.24, 2.45) is 5.73 Å². The number of hydrogen-bond acceptors (Lipinski definition) is 3. The van der Waals surface area contributed by atoms with Crippen LogP contribution in [0.4, 0.5) is 11.4 Å². The van der Waals surface area contributed by atoms with Gasteiger partial charge in [-0.1, -0.05) is 23.2 Å². The van der Waals surface area contributed by atoms with Crippen LogP contribution in [-0.2, 0) is 0 Å². The van der Waals surface area contributed by atoms with E-state index < -0.39 is 11.9 Å². The van der Waals surface area contributed by atoms with Crippen molar-refractivity contribution in [1.29, 1.82) is 0 Å². The Labute approximate surface area is 130 Å². The van der Waals surface area contributed by atoms with Crippen LogP contribution in [0.5, 0.6) is 0 Å². The lowest BCUT2D eigenvalue weighted by Gasteiger charge is -2.11. The lowest BCUT2D eigenvalue weighted by molar-refractivity contribution is 0.0696. The fraction of sp³-hybridized carbons (Fsp3) is 0. The number of hydrogen-bond donors (Lipinski definition) is 3. The molecule has 0 spiro atoms. The Morgan fingerprint density at radius 3 is 1.86 bits per heavy atom. The number of nitrogens with two attached hydrogens (primary N) is 1. The number of primary amides is 1. The van der Waals surface area contributed by atoms with Gasteiger partial charge < -0.3 is 16.2 Å². The van der Waals surface area contributed by atoms with Crippen LogP contribution in [0.3, 0.4) is 0 Å². The van der Waals surface area contributed by atoms with Crippen LogP contribution in [-0.4, -0.2) is 17.0 Å².